The molecule has 1 aliphatic heterocycles. The second-order valence-corrected chi connectivity index (χ2v) is 6.63. The van der Waals surface area contributed by atoms with Crippen LogP contribution in [0.4, 0.5) is 0 Å². The van der Waals surface area contributed by atoms with Crippen LogP contribution >= 0.6 is 0 Å². The Bertz CT molecular complexity index is 866. The fraction of sp³-hybridized carbons (Fsp3) is 0.350. The second-order valence-electron chi connectivity index (χ2n) is 6.63. The van der Waals surface area contributed by atoms with Crippen LogP contribution < -0.4 is 0 Å². The Labute approximate surface area is 147 Å². The first-order chi connectivity index (χ1) is 11.9. The highest BCUT2D eigenvalue weighted by molar-refractivity contribution is 5.90. The van der Waals surface area contributed by atoms with E-state index < -0.39 is 5.60 Å². The van der Waals surface area contributed by atoms with Gasteiger partial charge in [0.1, 0.15) is 0 Å². The quantitative estimate of drug-likeness (QED) is 0.855. The third kappa shape index (κ3) is 3.54. The molecule has 0 saturated carbocycles. The van der Waals surface area contributed by atoms with Crippen LogP contribution in [0.2, 0.25) is 0 Å². The van der Waals surface area contributed by atoms with Gasteiger partial charge in [-0.2, -0.15) is 0 Å². The van der Waals surface area contributed by atoms with Crippen LogP contribution in [0.3, 0.4) is 0 Å². The van der Waals surface area contributed by atoms with Crippen molar-refractivity contribution in [3.8, 4) is 23.2 Å². The zero-order chi connectivity index (χ0) is 18.0. The molecular formula is C20H21N3O2. The Balaban J connectivity index is 1.90. The number of aliphatic hydroxyl groups is 1. The summed E-state index contributed by atoms with van der Waals surface area (Å²) in [6.45, 7) is 4.69. The Morgan fingerprint density at radius 1 is 1.32 bits per heavy atom. The van der Waals surface area contributed by atoms with E-state index in [4.69, 9.17) is 0 Å². The lowest BCUT2D eigenvalue weighted by Crippen LogP contribution is -2.37. The van der Waals surface area contributed by atoms with Crippen molar-refractivity contribution in [2.45, 2.75) is 31.8 Å². The van der Waals surface area contributed by atoms with E-state index in [-0.39, 0.29) is 5.91 Å². The Hall–Kier alpha value is -2.71. The van der Waals surface area contributed by atoms with E-state index >= 15 is 0 Å². The number of nitrogens with zero attached hydrogens (tertiary/aromatic N) is 3. The summed E-state index contributed by atoms with van der Waals surface area (Å²) in [5.74, 6) is 6.28. The molecule has 1 N–H and O–H groups in total. The summed E-state index contributed by atoms with van der Waals surface area (Å²) in [6, 6.07) is 9.43. The van der Waals surface area contributed by atoms with Crippen LogP contribution in [-0.4, -0.2) is 45.1 Å². The number of rotatable bonds is 2. The third-order valence-electron chi connectivity index (χ3n) is 4.31. The van der Waals surface area contributed by atoms with Crippen LogP contribution in [0.15, 0.2) is 36.5 Å². The van der Waals surface area contributed by atoms with Crippen molar-refractivity contribution >= 4 is 5.91 Å². The number of hydrogen-bond donors (Lipinski definition) is 1. The topological polar surface area (TPSA) is 66.3 Å². The molecule has 1 aromatic heterocycles. The largest absolute Gasteiger partial charge is 0.369 e. The van der Waals surface area contributed by atoms with Gasteiger partial charge in [-0.1, -0.05) is 37.8 Å². The zero-order valence-corrected chi connectivity index (χ0v) is 14.7. The number of aromatic nitrogens is 2. The first kappa shape index (κ1) is 17.1. The maximum atomic E-state index is 12.0. The van der Waals surface area contributed by atoms with E-state index in [0.717, 1.165) is 11.3 Å². The smallest absolute Gasteiger partial charge is 0.267 e. The molecule has 1 aliphatic rings. The van der Waals surface area contributed by atoms with E-state index in [1.165, 1.54) is 4.90 Å². The van der Waals surface area contributed by atoms with Gasteiger partial charge in [-0.25, -0.2) is 9.97 Å². The van der Waals surface area contributed by atoms with Gasteiger partial charge in [-0.15, -0.1) is 0 Å². The fourth-order valence-electron chi connectivity index (χ4n) is 2.71. The van der Waals surface area contributed by atoms with Gasteiger partial charge in [0.05, 0.1) is 0 Å². The van der Waals surface area contributed by atoms with Crippen LogP contribution in [-0.2, 0) is 4.79 Å². The lowest BCUT2D eigenvalue weighted by molar-refractivity contribution is -0.137. The number of likely N-dealkylation sites (tertiary alicyclic amines) is 1. The molecule has 0 bridgehead atoms. The van der Waals surface area contributed by atoms with Crippen LogP contribution in [0.25, 0.3) is 11.4 Å². The van der Waals surface area contributed by atoms with Crippen molar-refractivity contribution in [1.29, 1.82) is 0 Å². The van der Waals surface area contributed by atoms with Gasteiger partial charge in [-0.05, 0) is 24.1 Å². The van der Waals surface area contributed by atoms with Gasteiger partial charge >= 0.3 is 0 Å². The number of amides is 1. The summed E-state index contributed by atoms with van der Waals surface area (Å²) in [7, 11) is 1.67. The minimum absolute atomic E-state index is 0.323. The summed E-state index contributed by atoms with van der Waals surface area (Å²) in [5.41, 5.74) is 0.970. The molecule has 5 heteroatoms. The Morgan fingerprint density at radius 3 is 2.80 bits per heavy atom. The lowest BCUT2D eigenvalue weighted by Gasteiger charge is -2.13. The molecule has 128 valence electrons. The minimum Gasteiger partial charge on any atom is -0.369 e. The highest BCUT2D eigenvalue weighted by Crippen LogP contribution is 2.22. The Kier molecular flexibility index (Phi) is 4.56. The molecule has 0 unspecified atom stereocenters. The molecule has 2 heterocycles. The second kappa shape index (κ2) is 6.66. The predicted molar refractivity (Wildman–Crippen MR) is 95.6 cm³/mol. The third-order valence-corrected chi connectivity index (χ3v) is 4.31. The minimum atomic E-state index is -1.58. The highest BCUT2D eigenvalue weighted by atomic mass is 16.3. The van der Waals surface area contributed by atoms with E-state index in [9.17, 15) is 9.90 Å². The van der Waals surface area contributed by atoms with Crippen molar-refractivity contribution in [3.63, 3.8) is 0 Å². The van der Waals surface area contributed by atoms with Crippen LogP contribution in [0, 0.1) is 11.8 Å². The SMILES string of the molecule is CC(C)c1ccnc(-c2cccc(C#C[C@]3(O)CCN(C)C3=O)c2)n1. The van der Waals surface area contributed by atoms with E-state index in [2.05, 4.69) is 35.7 Å². The molecule has 0 radical (unpaired) electrons. The maximum absolute atomic E-state index is 12.0. The molecule has 1 fully saturated rings. The van der Waals surface area contributed by atoms with Crippen molar-refractivity contribution in [2.24, 2.45) is 0 Å². The fourth-order valence-corrected chi connectivity index (χ4v) is 2.71. The lowest BCUT2D eigenvalue weighted by atomic mass is 10.0. The summed E-state index contributed by atoms with van der Waals surface area (Å²) < 4.78 is 0. The van der Waals surface area contributed by atoms with Crippen LogP contribution in [0.1, 0.15) is 37.4 Å². The first-order valence-electron chi connectivity index (χ1n) is 8.33. The molecular weight excluding hydrogens is 314 g/mol. The van der Waals surface area contributed by atoms with Gasteiger partial charge in [0.2, 0.25) is 5.60 Å². The molecule has 1 saturated heterocycles. The van der Waals surface area contributed by atoms with Crippen molar-refractivity contribution in [3.05, 3.63) is 47.8 Å². The van der Waals surface area contributed by atoms with Crippen molar-refractivity contribution < 1.29 is 9.90 Å². The number of benzene rings is 1. The van der Waals surface area contributed by atoms with Crippen molar-refractivity contribution in [1.82, 2.24) is 14.9 Å². The van der Waals surface area contributed by atoms with Gasteiger partial charge in [0.15, 0.2) is 5.82 Å². The van der Waals surface area contributed by atoms with E-state index in [1.54, 1.807) is 13.2 Å². The summed E-state index contributed by atoms with van der Waals surface area (Å²) in [4.78, 5) is 22.4. The van der Waals surface area contributed by atoms with Crippen molar-refractivity contribution in [2.75, 3.05) is 13.6 Å². The molecule has 3 rings (SSSR count). The average Bonchev–Trinajstić information content (AvgIpc) is 2.88. The molecule has 0 aliphatic carbocycles. The van der Waals surface area contributed by atoms with E-state index in [0.29, 0.717) is 30.3 Å². The highest BCUT2D eigenvalue weighted by Gasteiger charge is 2.42. The summed E-state index contributed by atoms with van der Waals surface area (Å²) in [5, 5.41) is 10.4. The average molecular weight is 335 g/mol. The molecule has 5 nitrogen and oxygen atoms in total. The number of hydrogen-bond acceptors (Lipinski definition) is 4. The first-order valence-corrected chi connectivity index (χ1v) is 8.33. The zero-order valence-electron chi connectivity index (χ0n) is 14.7. The molecule has 1 atom stereocenters. The van der Waals surface area contributed by atoms with Gasteiger partial charge < -0.3 is 10.0 Å². The molecule has 25 heavy (non-hydrogen) atoms. The monoisotopic (exact) mass is 335 g/mol. The number of carbonyl (C=O) groups is 1. The van der Waals surface area contributed by atoms with Crippen LogP contribution in [0.5, 0.6) is 0 Å². The van der Waals surface area contributed by atoms with Gasteiger partial charge in [0, 0.05) is 43.0 Å². The predicted octanol–water partition coefficient (Wildman–Crippen LogP) is 2.21. The molecule has 1 amide bonds. The van der Waals surface area contributed by atoms with E-state index in [1.807, 2.05) is 30.3 Å². The normalized spacial score (nSPS) is 19.9. The van der Waals surface area contributed by atoms with Gasteiger partial charge in [-0.3, -0.25) is 4.79 Å². The molecule has 2 aromatic rings. The number of carbonyl (C=O) groups excluding carboxylic acids is 1. The summed E-state index contributed by atoms with van der Waals surface area (Å²) in [6.07, 6.45) is 2.08. The molecule has 1 aromatic carbocycles. The van der Waals surface area contributed by atoms with Gasteiger partial charge in [0.25, 0.3) is 5.91 Å². The standard InChI is InChI=1S/C20H21N3O2/c1-14(2)17-8-11-21-18(22-17)16-6-4-5-15(13-16)7-9-20(25)10-12-23(3)19(20)24/h4-6,8,11,13-14,25H,10,12H2,1-3H3/t20-/m0/s1. The maximum Gasteiger partial charge on any atom is 0.267 e. The Morgan fingerprint density at radius 2 is 2.12 bits per heavy atom. The molecule has 0 spiro atoms. The summed E-state index contributed by atoms with van der Waals surface area (Å²) >= 11 is 0. The number of likely N-dealkylation sites (N-methyl/N-ethyl adjacent to an activating group) is 1.